The Balaban J connectivity index is 2.05. The van der Waals surface area contributed by atoms with Crippen molar-refractivity contribution in [3.8, 4) is 5.75 Å². The zero-order chi connectivity index (χ0) is 31.1. The summed E-state index contributed by atoms with van der Waals surface area (Å²) < 4.78 is 55.7. The second kappa shape index (κ2) is 13.9. The Hall–Kier alpha value is -3.06. The minimum absolute atomic E-state index is 0.0110. The van der Waals surface area contributed by atoms with Gasteiger partial charge in [-0.15, -0.1) is 0 Å². The molecule has 9 nitrogen and oxygen atoms in total. The summed E-state index contributed by atoms with van der Waals surface area (Å²) >= 11 is 12.6. The summed E-state index contributed by atoms with van der Waals surface area (Å²) in [7, 11) is 0. The van der Waals surface area contributed by atoms with Gasteiger partial charge in [-0.05, 0) is 63.6 Å². The molecule has 1 aliphatic rings. The van der Waals surface area contributed by atoms with Crippen LogP contribution in [0.25, 0.3) is 0 Å². The van der Waals surface area contributed by atoms with Gasteiger partial charge in [0.15, 0.2) is 11.6 Å². The molecular weight excluding hydrogens is 602 g/mol. The highest BCUT2D eigenvalue weighted by Gasteiger charge is 2.54. The molecule has 0 bridgehead atoms. The van der Waals surface area contributed by atoms with Crippen molar-refractivity contribution in [2.45, 2.75) is 63.5 Å². The number of ether oxygens (including phenoxy) is 3. The van der Waals surface area contributed by atoms with E-state index in [1.54, 1.807) is 45.0 Å². The number of benzene rings is 2. The molecule has 42 heavy (non-hydrogen) atoms. The fourth-order valence-electron chi connectivity index (χ4n) is 4.08. The van der Waals surface area contributed by atoms with Crippen molar-refractivity contribution in [2.24, 2.45) is 4.99 Å². The summed E-state index contributed by atoms with van der Waals surface area (Å²) in [4.78, 5) is 31.0. The number of nitrogens with zero attached hydrogens (tertiary/aromatic N) is 1. The number of hydrogen-bond donors (Lipinski definition) is 3. The lowest BCUT2D eigenvalue weighted by molar-refractivity contribution is -0.155. The Kier molecular flexibility index (Phi) is 11.1. The Morgan fingerprint density at radius 2 is 1.81 bits per heavy atom. The first kappa shape index (κ1) is 33.4. The monoisotopic (exact) mass is 633 g/mol. The molecule has 1 amide bonds. The quantitative estimate of drug-likeness (QED) is 0.164. The molecule has 1 aliphatic heterocycles. The molecule has 0 aromatic heterocycles. The second-order valence-corrected chi connectivity index (χ2v) is 11.3. The number of carbonyl (C=O) groups excluding carboxylic acids is 2. The van der Waals surface area contributed by atoms with E-state index in [2.05, 4.69) is 10.4 Å². The number of aliphatic hydroxyl groups is 1. The number of carbonyl (C=O) groups is 2. The smallest absolute Gasteiger partial charge is 0.402 e. The minimum Gasteiger partial charge on any atom is -0.494 e. The van der Waals surface area contributed by atoms with Gasteiger partial charge in [0.1, 0.15) is 17.9 Å². The van der Waals surface area contributed by atoms with Gasteiger partial charge in [-0.3, -0.25) is 15.0 Å². The van der Waals surface area contributed by atoms with Crippen molar-refractivity contribution < 1.29 is 42.1 Å². The van der Waals surface area contributed by atoms with Gasteiger partial charge in [-0.2, -0.15) is 13.2 Å². The van der Waals surface area contributed by atoms with Gasteiger partial charge >= 0.3 is 12.1 Å². The van der Waals surface area contributed by atoms with E-state index < -0.39 is 41.8 Å². The van der Waals surface area contributed by atoms with Crippen LogP contribution in [0.4, 0.5) is 13.2 Å². The van der Waals surface area contributed by atoms with Crippen molar-refractivity contribution in [3.63, 3.8) is 0 Å². The predicted octanol–water partition coefficient (Wildman–Crippen LogP) is 5.32. The predicted molar refractivity (Wildman–Crippen MR) is 150 cm³/mol. The van der Waals surface area contributed by atoms with E-state index >= 15 is 0 Å². The molecule has 0 aliphatic carbocycles. The maximum Gasteiger partial charge on any atom is 0.402 e. The van der Waals surface area contributed by atoms with E-state index in [1.165, 1.54) is 18.2 Å². The second-order valence-electron chi connectivity index (χ2n) is 10.5. The van der Waals surface area contributed by atoms with Gasteiger partial charge in [-0.25, -0.2) is 10.4 Å². The lowest BCUT2D eigenvalue weighted by Gasteiger charge is -2.31. The fraction of sp³-hybridized carbons (Fsp3) is 0.464. The largest absolute Gasteiger partial charge is 0.494 e. The lowest BCUT2D eigenvalue weighted by atomic mass is 9.83. The molecule has 0 radical (unpaired) electrons. The number of hydrogen-bond acceptors (Lipinski definition) is 8. The molecule has 230 valence electrons. The van der Waals surface area contributed by atoms with Gasteiger partial charge in [-0.1, -0.05) is 29.3 Å². The number of alkyl halides is 3. The number of rotatable bonds is 12. The number of aliphatic imine (C=N–C) groups is 1. The maximum absolute atomic E-state index is 13.7. The Bertz CT molecular complexity index is 1290. The van der Waals surface area contributed by atoms with Gasteiger partial charge in [0, 0.05) is 40.6 Å². The molecule has 2 atom stereocenters. The van der Waals surface area contributed by atoms with E-state index in [4.69, 9.17) is 42.5 Å². The maximum atomic E-state index is 13.7. The number of hydrazine groups is 1. The van der Waals surface area contributed by atoms with E-state index in [0.717, 1.165) is 0 Å². The molecule has 2 aromatic carbocycles. The number of amides is 1. The van der Waals surface area contributed by atoms with Crippen LogP contribution in [0.2, 0.25) is 10.0 Å². The van der Waals surface area contributed by atoms with Crippen molar-refractivity contribution in [3.05, 3.63) is 63.6 Å². The molecule has 2 aromatic rings. The third-order valence-electron chi connectivity index (χ3n) is 5.90. The van der Waals surface area contributed by atoms with Crippen LogP contribution in [0.3, 0.4) is 0 Å². The van der Waals surface area contributed by atoms with Crippen molar-refractivity contribution in [1.29, 1.82) is 0 Å². The van der Waals surface area contributed by atoms with Gasteiger partial charge in [0.05, 0.1) is 6.61 Å². The zero-order valence-corrected chi connectivity index (χ0v) is 24.7. The molecule has 3 N–H and O–H groups in total. The number of esters is 1. The summed E-state index contributed by atoms with van der Waals surface area (Å²) in [5, 5.41) is 9.38. The van der Waals surface area contributed by atoms with Crippen molar-refractivity contribution in [2.75, 3.05) is 19.8 Å². The SMILES string of the molecule is CC(C)(C)OC(=O)CC[C@]1(C(=O)NNCC(F)(F)F)N=C(c2ccc(OCCCO)cc2)O[C@H]1c1ccc(Cl)cc1Cl. The Morgan fingerprint density at radius 3 is 2.40 bits per heavy atom. The van der Waals surface area contributed by atoms with Crippen LogP contribution < -0.4 is 15.6 Å². The highest BCUT2D eigenvalue weighted by Crippen LogP contribution is 2.45. The summed E-state index contributed by atoms with van der Waals surface area (Å²) in [6.07, 6.45) is -6.04. The molecule has 14 heteroatoms. The highest BCUT2D eigenvalue weighted by atomic mass is 35.5. The molecule has 1 heterocycles. The summed E-state index contributed by atoms with van der Waals surface area (Å²) in [6, 6.07) is 11.0. The first-order valence-corrected chi connectivity index (χ1v) is 13.8. The molecule has 0 spiro atoms. The Labute approximate surface area is 251 Å². The van der Waals surface area contributed by atoms with Crippen molar-refractivity contribution >= 4 is 41.0 Å². The van der Waals surface area contributed by atoms with E-state index in [0.29, 0.717) is 29.4 Å². The van der Waals surface area contributed by atoms with Crippen LogP contribution >= 0.6 is 23.2 Å². The normalized spacial score (nSPS) is 18.7. The third-order valence-corrected chi connectivity index (χ3v) is 6.46. The van der Waals surface area contributed by atoms with Gasteiger partial charge < -0.3 is 19.3 Å². The average Bonchev–Trinajstić information content (AvgIpc) is 3.27. The first-order chi connectivity index (χ1) is 19.6. The number of nitrogens with one attached hydrogen (secondary N) is 2. The van der Waals surface area contributed by atoms with Crippen LogP contribution in [0.15, 0.2) is 47.5 Å². The zero-order valence-electron chi connectivity index (χ0n) is 23.2. The molecule has 0 saturated heterocycles. The standard InChI is InChI=1S/C28H32Cl2F3N3O6/c1-26(2,3)42-22(38)11-12-27(25(39)36-34-16-28(31,32)33)23(20-10-7-18(29)15-21(20)30)41-24(35-27)17-5-8-19(9-6-17)40-14-4-13-37/h5-10,15,23,34,37H,4,11-14,16H2,1-3H3,(H,36,39)/t23-,27-/m0/s1. The first-order valence-electron chi connectivity index (χ1n) is 13.0. The minimum atomic E-state index is -4.61. The lowest BCUT2D eigenvalue weighted by Crippen LogP contribution is -2.54. The Morgan fingerprint density at radius 1 is 1.12 bits per heavy atom. The van der Waals surface area contributed by atoms with Crippen molar-refractivity contribution in [1.82, 2.24) is 10.9 Å². The fourth-order valence-corrected chi connectivity index (χ4v) is 4.59. The van der Waals surface area contributed by atoms with Gasteiger partial charge in [0.25, 0.3) is 5.91 Å². The highest BCUT2D eigenvalue weighted by molar-refractivity contribution is 6.35. The van der Waals surface area contributed by atoms with Crippen LogP contribution in [-0.4, -0.2) is 60.0 Å². The summed E-state index contributed by atoms with van der Waals surface area (Å²) in [6.45, 7) is 3.79. The van der Waals surface area contributed by atoms with Crippen LogP contribution in [-0.2, 0) is 19.1 Å². The average molecular weight is 634 g/mol. The van der Waals surface area contributed by atoms with E-state index in [9.17, 15) is 22.8 Å². The van der Waals surface area contributed by atoms with Gasteiger partial charge in [0.2, 0.25) is 5.90 Å². The number of aliphatic hydroxyl groups excluding tert-OH is 1. The van der Waals surface area contributed by atoms with Crippen LogP contribution in [0.1, 0.15) is 57.3 Å². The molecule has 0 fully saturated rings. The third kappa shape index (κ3) is 9.22. The summed E-state index contributed by atoms with van der Waals surface area (Å²) in [5.41, 5.74) is 1.90. The molecule has 0 saturated carbocycles. The molecule has 3 rings (SSSR count). The topological polar surface area (TPSA) is 118 Å². The molecule has 0 unspecified atom stereocenters. The molecular formula is C28H32Cl2F3N3O6. The van der Waals surface area contributed by atoms with Crippen LogP contribution in [0.5, 0.6) is 5.75 Å². The number of halogens is 5. The van der Waals surface area contributed by atoms with E-state index in [1.807, 2.05) is 5.43 Å². The van der Waals surface area contributed by atoms with Crippen LogP contribution in [0, 0.1) is 0 Å². The summed E-state index contributed by atoms with van der Waals surface area (Å²) in [5.74, 6) is -1.13. The van der Waals surface area contributed by atoms with E-state index in [-0.39, 0.29) is 35.9 Å².